The Hall–Kier alpha value is -1.17. The Bertz CT molecular complexity index is 402. The third kappa shape index (κ3) is 1.70. The van der Waals surface area contributed by atoms with Gasteiger partial charge in [0.2, 0.25) is 0 Å². The first kappa shape index (κ1) is 8.92. The zero-order chi connectivity index (χ0) is 9.35. The fraction of sp³-hybridized carbons (Fsp3) is 0. The van der Waals surface area contributed by atoms with Crippen LogP contribution in [0.2, 0.25) is 0 Å². The maximum atomic E-state index is 12.6. The van der Waals surface area contributed by atoms with Gasteiger partial charge in [0.1, 0.15) is 10.7 Å². The molecular formula is C6H5F2NO2S. The van der Waals surface area contributed by atoms with Crippen LogP contribution in [0.3, 0.4) is 0 Å². The van der Waals surface area contributed by atoms with E-state index in [9.17, 15) is 16.7 Å². The summed E-state index contributed by atoms with van der Waals surface area (Å²) in [6, 6.07) is 2.42. The molecule has 66 valence electrons. The standard InChI is InChI=1S/C6H5F2NO2S/c7-5-3-4(12(8,10)11)1-2-6(5)9/h1-3H,9H2. The molecule has 0 unspecified atom stereocenters. The molecule has 0 aliphatic carbocycles. The molecule has 0 heterocycles. The monoisotopic (exact) mass is 193 g/mol. The second-order valence-corrected chi connectivity index (χ2v) is 3.47. The molecule has 12 heavy (non-hydrogen) atoms. The Morgan fingerprint density at radius 1 is 1.33 bits per heavy atom. The van der Waals surface area contributed by atoms with Gasteiger partial charge in [-0.25, -0.2) is 4.39 Å². The van der Waals surface area contributed by atoms with Crippen molar-refractivity contribution >= 4 is 15.9 Å². The summed E-state index contributed by atoms with van der Waals surface area (Å²) in [4.78, 5) is -0.728. The molecule has 0 saturated carbocycles. The molecule has 3 nitrogen and oxygen atoms in total. The van der Waals surface area contributed by atoms with Crippen molar-refractivity contribution in [1.29, 1.82) is 0 Å². The normalized spacial score (nSPS) is 11.5. The SMILES string of the molecule is Nc1ccc(S(=O)(=O)F)cc1F. The highest BCUT2D eigenvalue weighted by molar-refractivity contribution is 7.86. The lowest BCUT2D eigenvalue weighted by Gasteiger charge is -1.97. The van der Waals surface area contributed by atoms with Crippen LogP contribution in [0, 0.1) is 5.82 Å². The number of nitrogens with two attached hydrogens (primary N) is 1. The van der Waals surface area contributed by atoms with Gasteiger partial charge in [0.05, 0.1) is 5.69 Å². The van der Waals surface area contributed by atoms with Crippen molar-refractivity contribution in [2.75, 3.05) is 5.73 Å². The third-order valence-corrected chi connectivity index (χ3v) is 2.07. The van der Waals surface area contributed by atoms with E-state index in [2.05, 4.69) is 0 Å². The van der Waals surface area contributed by atoms with Crippen LogP contribution in [0.4, 0.5) is 14.0 Å². The first-order chi connectivity index (χ1) is 5.41. The molecular weight excluding hydrogens is 188 g/mol. The van der Waals surface area contributed by atoms with Crippen molar-refractivity contribution in [2.24, 2.45) is 0 Å². The number of hydrogen-bond donors (Lipinski definition) is 1. The summed E-state index contributed by atoms with van der Waals surface area (Å²) in [7, 11) is -4.84. The highest BCUT2D eigenvalue weighted by Gasteiger charge is 2.13. The summed E-state index contributed by atoms with van der Waals surface area (Å²) in [6.45, 7) is 0. The highest BCUT2D eigenvalue weighted by atomic mass is 32.3. The fourth-order valence-electron chi connectivity index (χ4n) is 0.660. The number of benzene rings is 1. The maximum absolute atomic E-state index is 12.6. The van der Waals surface area contributed by atoms with Crippen molar-refractivity contribution < 1.29 is 16.7 Å². The van der Waals surface area contributed by atoms with E-state index < -0.39 is 20.9 Å². The van der Waals surface area contributed by atoms with Crippen LogP contribution in [-0.2, 0) is 10.2 Å². The van der Waals surface area contributed by atoms with Crippen LogP contribution in [0.15, 0.2) is 23.1 Å². The van der Waals surface area contributed by atoms with Gasteiger partial charge in [0.15, 0.2) is 0 Å². The van der Waals surface area contributed by atoms with Gasteiger partial charge in [-0.15, -0.1) is 3.89 Å². The number of rotatable bonds is 1. The molecule has 1 aromatic carbocycles. The zero-order valence-corrected chi connectivity index (χ0v) is 6.61. The molecule has 0 saturated heterocycles. The van der Waals surface area contributed by atoms with Crippen LogP contribution in [-0.4, -0.2) is 8.42 Å². The van der Waals surface area contributed by atoms with Gasteiger partial charge in [-0.1, -0.05) is 0 Å². The van der Waals surface area contributed by atoms with Crippen molar-refractivity contribution in [2.45, 2.75) is 4.90 Å². The van der Waals surface area contributed by atoms with Crippen molar-refractivity contribution in [3.05, 3.63) is 24.0 Å². The Balaban J connectivity index is 3.33. The predicted molar refractivity (Wildman–Crippen MR) is 39.1 cm³/mol. The van der Waals surface area contributed by atoms with E-state index in [4.69, 9.17) is 5.73 Å². The van der Waals surface area contributed by atoms with Gasteiger partial charge < -0.3 is 5.73 Å². The van der Waals surface area contributed by atoms with Gasteiger partial charge in [0.25, 0.3) is 0 Å². The molecule has 0 bridgehead atoms. The van der Waals surface area contributed by atoms with Gasteiger partial charge >= 0.3 is 10.2 Å². The first-order valence-corrected chi connectivity index (χ1v) is 4.29. The van der Waals surface area contributed by atoms with Crippen molar-refractivity contribution in [3.8, 4) is 0 Å². The van der Waals surface area contributed by atoms with Gasteiger partial charge in [-0.05, 0) is 18.2 Å². The molecule has 0 aliphatic rings. The maximum Gasteiger partial charge on any atom is 0.332 e. The second kappa shape index (κ2) is 2.71. The summed E-state index contributed by atoms with van der Waals surface area (Å²) >= 11 is 0. The lowest BCUT2D eigenvalue weighted by Crippen LogP contribution is -1.96. The summed E-state index contributed by atoms with van der Waals surface area (Å²) in [5.74, 6) is -0.950. The summed E-state index contributed by atoms with van der Waals surface area (Å²) in [5.41, 5.74) is 4.82. The predicted octanol–water partition coefficient (Wildman–Crippen LogP) is 1.07. The number of halogens is 2. The first-order valence-electron chi connectivity index (χ1n) is 2.91. The summed E-state index contributed by atoms with van der Waals surface area (Å²) < 4.78 is 45.2. The minimum absolute atomic E-state index is 0.220. The molecule has 1 aromatic rings. The smallest absolute Gasteiger partial charge is 0.332 e. The van der Waals surface area contributed by atoms with E-state index in [1.165, 1.54) is 0 Å². The Morgan fingerprint density at radius 3 is 2.33 bits per heavy atom. The number of nitrogen functional groups attached to an aromatic ring is 1. The second-order valence-electron chi connectivity index (χ2n) is 2.12. The van der Waals surface area contributed by atoms with Crippen molar-refractivity contribution in [3.63, 3.8) is 0 Å². The molecule has 1 rings (SSSR count). The quantitative estimate of drug-likeness (QED) is 0.536. The molecule has 6 heteroatoms. The molecule has 0 spiro atoms. The molecule has 0 aromatic heterocycles. The molecule has 0 aliphatic heterocycles. The average molecular weight is 193 g/mol. The number of anilines is 1. The minimum Gasteiger partial charge on any atom is -0.396 e. The van der Waals surface area contributed by atoms with Gasteiger partial charge in [-0.3, -0.25) is 0 Å². The van der Waals surface area contributed by atoms with Crippen molar-refractivity contribution in [1.82, 2.24) is 0 Å². The van der Waals surface area contributed by atoms with Gasteiger partial charge in [-0.2, -0.15) is 8.42 Å². The Labute approximate surface area is 68.0 Å². The third-order valence-electron chi connectivity index (χ3n) is 1.25. The largest absolute Gasteiger partial charge is 0.396 e. The fourth-order valence-corrected chi connectivity index (χ4v) is 1.13. The molecule has 2 N–H and O–H groups in total. The number of hydrogen-bond acceptors (Lipinski definition) is 3. The van der Waals surface area contributed by atoms with E-state index >= 15 is 0 Å². The molecule has 0 atom stereocenters. The summed E-state index contributed by atoms with van der Waals surface area (Å²) in [6.07, 6.45) is 0. The highest BCUT2D eigenvalue weighted by Crippen LogP contribution is 2.17. The Kier molecular flexibility index (Phi) is 2.01. The van der Waals surface area contributed by atoms with Crippen LogP contribution >= 0.6 is 0 Å². The van der Waals surface area contributed by atoms with E-state index in [1.807, 2.05) is 0 Å². The average Bonchev–Trinajstić information content (AvgIpc) is 1.92. The lowest BCUT2D eigenvalue weighted by molar-refractivity contribution is 0.549. The molecule has 0 amide bonds. The van der Waals surface area contributed by atoms with E-state index in [1.54, 1.807) is 0 Å². The zero-order valence-electron chi connectivity index (χ0n) is 5.79. The van der Waals surface area contributed by atoms with Crippen LogP contribution in [0.5, 0.6) is 0 Å². The van der Waals surface area contributed by atoms with Crippen LogP contribution < -0.4 is 5.73 Å². The van der Waals surface area contributed by atoms with Gasteiger partial charge in [0, 0.05) is 0 Å². The minimum atomic E-state index is -4.84. The topological polar surface area (TPSA) is 60.2 Å². The van der Waals surface area contributed by atoms with E-state index in [0.29, 0.717) is 6.07 Å². The van der Waals surface area contributed by atoms with E-state index in [0.717, 1.165) is 12.1 Å². The molecule has 0 radical (unpaired) electrons. The van der Waals surface area contributed by atoms with Crippen LogP contribution in [0.1, 0.15) is 0 Å². The van der Waals surface area contributed by atoms with E-state index in [-0.39, 0.29) is 5.69 Å². The van der Waals surface area contributed by atoms with Crippen LogP contribution in [0.25, 0.3) is 0 Å². The lowest BCUT2D eigenvalue weighted by atomic mass is 10.3. The summed E-state index contributed by atoms with van der Waals surface area (Å²) in [5, 5.41) is 0. The molecule has 0 fully saturated rings. The Morgan fingerprint density at radius 2 is 1.92 bits per heavy atom.